The third-order valence-corrected chi connectivity index (χ3v) is 5.63. The number of aliphatic hydroxyl groups is 1. The lowest BCUT2D eigenvalue weighted by atomic mass is 9.76. The van der Waals surface area contributed by atoms with Crippen molar-refractivity contribution in [2.75, 3.05) is 0 Å². The predicted molar refractivity (Wildman–Crippen MR) is 88.8 cm³/mol. The summed E-state index contributed by atoms with van der Waals surface area (Å²) in [6.07, 6.45) is 6.16. The number of rotatable bonds is 2. The molecule has 2 rings (SSSR count). The van der Waals surface area contributed by atoms with Gasteiger partial charge < -0.3 is 5.11 Å². The van der Waals surface area contributed by atoms with Gasteiger partial charge in [0.15, 0.2) is 0 Å². The average Bonchev–Trinajstić information content (AvgIpc) is 2.54. The zero-order chi connectivity index (χ0) is 14.8. The SMILES string of the molecule is CC(C)(C)C1CCCC(O)(Cc2ccccc2Br)CC1. The van der Waals surface area contributed by atoms with Crippen LogP contribution in [0.1, 0.15) is 58.4 Å². The van der Waals surface area contributed by atoms with Gasteiger partial charge in [-0.2, -0.15) is 0 Å². The second kappa shape index (κ2) is 6.19. The van der Waals surface area contributed by atoms with E-state index in [1.807, 2.05) is 6.07 Å². The third-order valence-electron chi connectivity index (χ3n) is 4.85. The first-order valence-corrected chi connectivity index (χ1v) is 8.55. The number of halogens is 1. The molecule has 20 heavy (non-hydrogen) atoms. The average molecular weight is 339 g/mol. The van der Waals surface area contributed by atoms with Crippen LogP contribution in [0.4, 0.5) is 0 Å². The predicted octanol–water partition coefficient (Wildman–Crippen LogP) is 5.35. The van der Waals surface area contributed by atoms with Crippen molar-refractivity contribution in [2.45, 2.75) is 64.9 Å². The highest BCUT2D eigenvalue weighted by atomic mass is 79.9. The zero-order valence-corrected chi connectivity index (χ0v) is 14.5. The maximum Gasteiger partial charge on any atom is 0.0688 e. The van der Waals surface area contributed by atoms with Crippen LogP contribution in [0.2, 0.25) is 0 Å². The first-order chi connectivity index (χ1) is 9.30. The van der Waals surface area contributed by atoms with Crippen molar-refractivity contribution in [3.63, 3.8) is 0 Å². The molecule has 1 N–H and O–H groups in total. The molecule has 2 heteroatoms. The highest BCUT2D eigenvalue weighted by Gasteiger charge is 2.35. The standard InChI is InChI=1S/C18H27BrO/c1-17(2,3)15-8-6-11-18(20,12-10-15)13-14-7-4-5-9-16(14)19/h4-5,7,9,15,20H,6,8,10-13H2,1-3H3. The van der Waals surface area contributed by atoms with E-state index in [0.717, 1.165) is 42.5 Å². The molecule has 0 aliphatic heterocycles. The molecule has 0 amide bonds. The van der Waals surface area contributed by atoms with Gasteiger partial charge in [0, 0.05) is 10.9 Å². The molecular formula is C18H27BrO. The fraction of sp³-hybridized carbons (Fsp3) is 0.667. The summed E-state index contributed by atoms with van der Waals surface area (Å²) in [5.74, 6) is 0.732. The molecule has 1 fully saturated rings. The molecule has 0 heterocycles. The Kier molecular flexibility index (Phi) is 4.96. The molecule has 1 aromatic rings. The topological polar surface area (TPSA) is 20.2 Å². The van der Waals surface area contributed by atoms with Crippen LogP contribution in [0.25, 0.3) is 0 Å². The van der Waals surface area contributed by atoms with Crippen LogP contribution in [-0.2, 0) is 6.42 Å². The van der Waals surface area contributed by atoms with Gasteiger partial charge in [0.25, 0.3) is 0 Å². The van der Waals surface area contributed by atoms with Crippen molar-refractivity contribution < 1.29 is 5.11 Å². The van der Waals surface area contributed by atoms with Crippen molar-refractivity contribution >= 4 is 15.9 Å². The minimum absolute atomic E-state index is 0.360. The van der Waals surface area contributed by atoms with Crippen molar-refractivity contribution in [3.05, 3.63) is 34.3 Å². The fourth-order valence-corrected chi connectivity index (χ4v) is 3.85. The van der Waals surface area contributed by atoms with Crippen LogP contribution in [0, 0.1) is 11.3 Å². The minimum Gasteiger partial charge on any atom is -0.390 e. The van der Waals surface area contributed by atoms with E-state index < -0.39 is 5.60 Å². The van der Waals surface area contributed by atoms with Gasteiger partial charge in [0.2, 0.25) is 0 Å². The summed E-state index contributed by atoms with van der Waals surface area (Å²) < 4.78 is 1.12. The van der Waals surface area contributed by atoms with Crippen molar-refractivity contribution in [1.29, 1.82) is 0 Å². The zero-order valence-electron chi connectivity index (χ0n) is 13.0. The molecule has 0 saturated heterocycles. The van der Waals surface area contributed by atoms with Gasteiger partial charge in [-0.25, -0.2) is 0 Å². The first-order valence-electron chi connectivity index (χ1n) is 7.76. The molecule has 1 aromatic carbocycles. The molecule has 2 unspecified atom stereocenters. The molecule has 2 atom stereocenters. The lowest BCUT2D eigenvalue weighted by Crippen LogP contribution is -2.31. The molecule has 1 nitrogen and oxygen atoms in total. The summed E-state index contributed by atoms with van der Waals surface area (Å²) in [5, 5.41) is 11.0. The monoisotopic (exact) mass is 338 g/mol. The molecule has 1 saturated carbocycles. The van der Waals surface area contributed by atoms with E-state index in [1.54, 1.807) is 0 Å². The Labute approximate surface area is 131 Å². The maximum atomic E-state index is 11.0. The van der Waals surface area contributed by atoms with E-state index >= 15 is 0 Å². The van der Waals surface area contributed by atoms with Crippen molar-refractivity contribution in [2.24, 2.45) is 11.3 Å². The van der Waals surface area contributed by atoms with Gasteiger partial charge in [-0.05, 0) is 48.6 Å². The van der Waals surface area contributed by atoms with E-state index in [0.29, 0.717) is 5.41 Å². The molecular weight excluding hydrogens is 312 g/mol. The Hall–Kier alpha value is -0.340. The second-order valence-electron chi connectivity index (χ2n) is 7.49. The Balaban J connectivity index is 2.06. The van der Waals surface area contributed by atoms with Crippen molar-refractivity contribution in [3.8, 4) is 0 Å². The van der Waals surface area contributed by atoms with Crippen molar-refractivity contribution in [1.82, 2.24) is 0 Å². The van der Waals surface area contributed by atoms with Crippen LogP contribution in [-0.4, -0.2) is 10.7 Å². The molecule has 1 aliphatic carbocycles. The van der Waals surface area contributed by atoms with E-state index in [-0.39, 0.29) is 0 Å². The minimum atomic E-state index is -0.524. The fourth-order valence-electron chi connectivity index (χ4n) is 3.43. The van der Waals surface area contributed by atoms with Gasteiger partial charge in [-0.3, -0.25) is 0 Å². The Morgan fingerprint density at radius 1 is 1.20 bits per heavy atom. The van der Waals surface area contributed by atoms with Gasteiger partial charge >= 0.3 is 0 Å². The summed E-state index contributed by atoms with van der Waals surface area (Å²) in [5.41, 5.74) is 1.06. The highest BCUT2D eigenvalue weighted by Crippen LogP contribution is 2.41. The van der Waals surface area contributed by atoms with Crippen LogP contribution in [0.5, 0.6) is 0 Å². The van der Waals surface area contributed by atoms with Crippen LogP contribution in [0.15, 0.2) is 28.7 Å². The highest BCUT2D eigenvalue weighted by molar-refractivity contribution is 9.10. The van der Waals surface area contributed by atoms with Crippen LogP contribution >= 0.6 is 15.9 Å². The Bertz CT molecular complexity index is 449. The van der Waals surface area contributed by atoms with Gasteiger partial charge in [0.05, 0.1) is 5.60 Å². The third kappa shape index (κ3) is 4.08. The quantitative estimate of drug-likeness (QED) is 0.720. The van der Waals surface area contributed by atoms with Gasteiger partial charge in [-0.15, -0.1) is 0 Å². The lowest BCUT2D eigenvalue weighted by Gasteiger charge is -2.31. The molecule has 0 bridgehead atoms. The number of hydrogen-bond acceptors (Lipinski definition) is 1. The molecule has 0 radical (unpaired) electrons. The Morgan fingerprint density at radius 2 is 1.90 bits per heavy atom. The van der Waals surface area contributed by atoms with Crippen LogP contribution in [0.3, 0.4) is 0 Å². The molecule has 0 aromatic heterocycles. The lowest BCUT2D eigenvalue weighted by molar-refractivity contribution is 0.0224. The summed E-state index contributed by atoms with van der Waals surface area (Å²) in [6.45, 7) is 6.99. The summed E-state index contributed by atoms with van der Waals surface area (Å²) in [4.78, 5) is 0. The van der Waals surface area contributed by atoms with E-state index in [9.17, 15) is 5.11 Å². The summed E-state index contributed by atoms with van der Waals surface area (Å²) >= 11 is 3.60. The number of benzene rings is 1. The van der Waals surface area contributed by atoms with Crippen LogP contribution < -0.4 is 0 Å². The summed E-state index contributed by atoms with van der Waals surface area (Å²) in [7, 11) is 0. The summed E-state index contributed by atoms with van der Waals surface area (Å²) in [6, 6.07) is 8.26. The maximum absolute atomic E-state index is 11.0. The normalized spacial score (nSPS) is 28.1. The molecule has 1 aliphatic rings. The first kappa shape index (κ1) is 16.0. The van der Waals surface area contributed by atoms with Gasteiger partial charge in [0.1, 0.15) is 0 Å². The second-order valence-corrected chi connectivity index (χ2v) is 8.34. The number of hydrogen-bond donors (Lipinski definition) is 1. The van der Waals surface area contributed by atoms with Gasteiger partial charge in [-0.1, -0.05) is 61.3 Å². The van der Waals surface area contributed by atoms with E-state index in [4.69, 9.17) is 0 Å². The van der Waals surface area contributed by atoms with E-state index in [1.165, 1.54) is 12.0 Å². The smallest absolute Gasteiger partial charge is 0.0688 e. The largest absolute Gasteiger partial charge is 0.390 e. The Morgan fingerprint density at radius 3 is 2.55 bits per heavy atom. The van der Waals surface area contributed by atoms with E-state index in [2.05, 4.69) is 54.9 Å². The molecule has 0 spiro atoms. The molecule has 112 valence electrons.